The number of rotatable bonds is 18. The second-order valence-corrected chi connectivity index (χ2v) is 12.0. The molecule has 0 unspecified atom stereocenters. The van der Waals surface area contributed by atoms with Gasteiger partial charge in [0.15, 0.2) is 11.6 Å². The number of nitrogens with one attached hydrogen (secondary N) is 3. The summed E-state index contributed by atoms with van der Waals surface area (Å²) < 4.78 is 31.0. The molecular formula is C32H32Cl2FN11O3S. The minimum Gasteiger partial charge on any atom is -0.461 e. The summed E-state index contributed by atoms with van der Waals surface area (Å²) in [4.78, 5) is 20.5. The van der Waals surface area contributed by atoms with Crippen LogP contribution in [0.25, 0.3) is 10.2 Å². The van der Waals surface area contributed by atoms with Gasteiger partial charge in [-0.15, -0.1) is 15.2 Å². The van der Waals surface area contributed by atoms with Gasteiger partial charge in [-0.05, 0) is 44.5 Å². The van der Waals surface area contributed by atoms with E-state index in [9.17, 15) is 9.65 Å². The van der Waals surface area contributed by atoms with Gasteiger partial charge in [0.25, 0.3) is 0 Å². The van der Waals surface area contributed by atoms with E-state index in [1.165, 1.54) is 11.3 Å². The van der Waals surface area contributed by atoms with E-state index in [4.69, 9.17) is 42.4 Å². The van der Waals surface area contributed by atoms with Crippen LogP contribution >= 0.6 is 34.5 Å². The Labute approximate surface area is 301 Å². The number of ether oxygens (including phenoxy) is 3. The van der Waals surface area contributed by atoms with E-state index in [-0.39, 0.29) is 31.8 Å². The van der Waals surface area contributed by atoms with E-state index < -0.39 is 6.08 Å². The first kappa shape index (κ1) is 36.5. The highest BCUT2D eigenvalue weighted by Crippen LogP contribution is 2.40. The van der Waals surface area contributed by atoms with Crippen molar-refractivity contribution in [3.8, 4) is 12.1 Å². The Kier molecular flexibility index (Phi) is 13.3. The summed E-state index contributed by atoms with van der Waals surface area (Å²) in [5.74, 6) is 0.790. The molecule has 0 bridgehead atoms. The van der Waals surface area contributed by atoms with Crippen LogP contribution in [-0.2, 0) is 9.47 Å². The Morgan fingerprint density at radius 2 is 1.74 bits per heavy atom. The van der Waals surface area contributed by atoms with Gasteiger partial charge in [0.2, 0.25) is 11.1 Å². The van der Waals surface area contributed by atoms with Gasteiger partial charge in [-0.3, -0.25) is 0 Å². The molecular weight excluding hydrogens is 708 g/mol. The van der Waals surface area contributed by atoms with Crippen LogP contribution in [0.2, 0.25) is 10.0 Å². The Bertz CT molecular complexity index is 1980. The monoisotopic (exact) mass is 739 g/mol. The third kappa shape index (κ3) is 9.89. The molecule has 0 fully saturated rings. The molecule has 5 rings (SSSR count). The lowest BCUT2D eigenvalue weighted by Gasteiger charge is -2.15. The van der Waals surface area contributed by atoms with Crippen molar-refractivity contribution in [1.82, 2.24) is 24.9 Å². The topological polar surface area (TPSA) is 177 Å². The van der Waals surface area contributed by atoms with Crippen molar-refractivity contribution in [3.05, 3.63) is 69.7 Å². The minimum atomic E-state index is -0.956. The van der Waals surface area contributed by atoms with E-state index in [2.05, 4.69) is 52.2 Å². The number of benzene rings is 2. The smallest absolute Gasteiger partial charge is 0.323 e. The fourth-order valence-corrected chi connectivity index (χ4v) is 5.73. The highest BCUT2D eigenvalue weighted by Gasteiger charge is 2.18. The van der Waals surface area contributed by atoms with Crippen molar-refractivity contribution >= 4 is 78.8 Å². The van der Waals surface area contributed by atoms with Crippen LogP contribution in [0.5, 0.6) is 6.01 Å². The number of aromatic nitrogens is 5. The Balaban J connectivity index is 1.23. The van der Waals surface area contributed by atoms with Gasteiger partial charge in [-0.2, -0.15) is 19.6 Å². The molecule has 0 aliphatic heterocycles. The summed E-state index contributed by atoms with van der Waals surface area (Å²) >= 11 is 13.8. The largest absolute Gasteiger partial charge is 0.461 e. The minimum absolute atomic E-state index is 0.0729. The summed E-state index contributed by atoms with van der Waals surface area (Å²) in [6.07, 6.45) is -0.247. The van der Waals surface area contributed by atoms with E-state index in [0.717, 1.165) is 5.69 Å². The van der Waals surface area contributed by atoms with Crippen LogP contribution in [-0.4, -0.2) is 71.0 Å². The average molecular weight is 741 g/mol. The maximum atomic E-state index is 13.9. The summed E-state index contributed by atoms with van der Waals surface area (Å²) in [7, 11) is 0. The molecule has 3 aromatic heterocycles. The third-order valence-electron chi connectivity index (χ3n) is 6.78. The van der Waals surface area contributed by atoms with Gasteiger partial charge in [0.05, 0.1) is 39.0 Å². The highest BCUT2D eigenvalue weighted by atomic mass is 35.5. The molecule has 2 aromatic carbocycles. The van der Waals surface area contributed by atoms with Crippen LogP contribution in [0, 0.1) is 24.3 Å². The number of thiazole rings is 1. The first-order chi connectivity index (χ1) is 24.4. The fourth-order valence-electron chi connectivity index (χ4n) is 4.41. The molecule has 18 heteroatoms. The highest BCUT2D eigenvalue weighted by molar-refractivity contribution is 7.22. The first-order valence-corrected chi connectivity index (χ1v) is 17.0. The van der Waals surface area contributed by atoms with Gasteiger partial charge >= 0.3 is 12.1 Å². The second kappa shape index (κ2) is 18.3. The molecule has 50 heavy (non-hydrogen) atoms. The lowest BCUT2D eigenvalue weighted by atomic mass is 10.1. The summed E-state index contributed by atoms with van der Waals surface area (Å²) in [5.41, 5.74) is 2.60. The zero-order chi connectivity index (χ0) is 35.3. The molecule has 3 N–H and O–H groups in total. The molecule has 3 heterocycles. The summed E-state index contributed by atoms with van der Waals surface area (Å²) in [6, 6.07) is 14.9. The van der Waals surface area contributed by atoms with Crippen LogP contribution in [0.15, 0.2) is 52.7 Å². The lowest BCUT2D eigenvalue weighted by Crippen LogP contribution is -2.16. The van der Waals surface area contributed by atoms with E-state index in [1.807, 2.05) is 37.3 Å². The SMILES string of the molecule is CCOCCCNc1nc(F)nc(OCCOCCNc2nc(Nc3ccccc3)c(C#N)c(C)c2N=Nc2nc3ccc(Cl)c(Cl)c3s2)n1. The molecule has 0 amide bonds. The molecule has 260 valence electrons. The molecule has 5 aromatic rings. The molecule has 0 saturated heterocycles. The van der Waals surface area contributed by atoms with E-state index in [0.29, 0.717) is 86.6 Å². The molecule has 0 aliphatic rings. The van der Waals surface area contributed by atoms with Crippen LogP contribution < -0.4 is 20.7 Å². The number of pyridine rings is 1. The van der Waals surface area contributed by atoms with Crippen LogP contribution in [0.4, 0.5) is 38.5 Å². The van der Waals surface area contributed by atoms with Gasteiger partial charge in [-0.1, -0.05) is 52.7 Å². The number of nitrogens with zero attached hydrogens (tertiary/aromatic N) is 8. The predicted molar refractivity (Wildman–Crippen MR) is 191 cm³/mol. The molecule has 0 atom stereocenters. The van der Waals surface area contributed by atoms with Crippen LogP contribution in [0.3, 0.4) is 0 Å². The molecule has 0 saturated carbocycles. The van der Waals surface area contributed by atoms with Gasteiger partial charge in [-0.25, -0.2) is 9.97 Å². The standard InChI is InChI=1S/C32H32Cl2FN11O3S/c1-3-47-14-7-12-38-30-42-29(35)43-31(44-30)49-17-16-48-15-13-37-28-25(45-46-32-40-23-11-10-22(33)24(34)26(23)50-32)19(2)21(18-36)27(41-28)39-20-8-5-4-6-9-20/h4-6,8-11H,3,7,12-17H2,1-2H3,(H2,37,39,41)(H,38,42,43,44). The summed E-state index contributed by atoms with van der Waals surface area (Å²) in [5, 5.41) is 29.4. The van der Waals surface area contributed by atoms with E-state index in [1.54, 1.807) is 19.1 Å². The van der Waals surface area contributed by atoms with Gasteiger partial charge in [0.1, 0.15) is 18.4 Å². The molecule has 0 spiro atoms. The van der Waals surface area contributed by atoms with Crippen molar-refractivity contribution in [2.24, 2.45) is 10.2 Å². The lowest BCUT2D eigenvalue weighted by molar-refractivity contribution is 0.103. The molecule has 0 aliphatic carbocycles. The number of hydrogen-bond acceptors (Lipinski definition) is 15. The average Bonchev–Trinajstić information content (AvgIpc) is 3.53. The maximum absolute atomic E-state index is 13.9. The number of fused-ring (bicyclic) bond motifs is 1. The Morgan fingerprint density at radius 1 is 0.900 bits per heavy atom. The maximum Gasteiger partial charge on any atom is 0.323 e. The van der Waals surface area contributed by atoms with Crippen LogP contribution in [0.1, 0.15) is 24.5 Å². The van der Waals surface area contributed by atoms with Crippen molar-refractivity contribution < 1.29 is 18.6 Å². The Hall–Kier alpha value is -4.79. The number of anilines is 4. The number of nitriles is 1. The van der Waals surface area contributed by atoms with Crippen molar-refractivity contribution in [3.63, 3.8) is 0 Å². The second-order valence-electron chi connectivity index (χ2n) is 10.2. The molecule has 14 nitrogen and oxygen atoms in total. The zero-order valence-electron chi connectivity index (χ0n) is 27.0. The number of hydrogen-bond donors (Lipinski definition) is 3. The van der Waals surface area contributed by atoms with Crippen molar-refractivity contribution in [1.29, 1.82) is 5.26 Å². The molecule has 0 radical (unpaired) electrons. The fraction of sp³-hybridized carbons (Fsp3) is 0.312. The summed E-state index contributed by atoms with van der Waals surface area (Å²) in [6.45, 7) is 6.19. The number of halogens is 3. The van der Waals surface area contributed by atoms with Gasteiger partial charge < -0.3 is 30.2 Å². The van der Waals surface area contributed by atoms with Crippen molar-refractivity contribution in [2.75, 3.05) is 62.1 Å². The normalized spacial score (nSPS) is 11.2. The zero-order valence-corrected chi connectivity index (χ0v) is 29.4. The van der Waals surface area contributed by atoms with Gasteiger partial charge in [0, 0.05) is 37.6 Å². The number of para-hydroxylation sites is 1. The quantitative estimate of drug-likeness (QED) is 0.0584. The first-order valence-electron chi connectivity index (χ1n) is 15.5. The van der Waals surface area contributed by atoms with E-state index >= 15 is 0 Å². The third-order valence-corrected chi connectivity index (χ3v) is 8.66. The van der Waals surface area contributed by atoms with Crippen molar-refractivity contribution in [2.45, 2.75) is 20.3 Å². The Morgan fingerprint density at radius 3 is 2.54 bits per heavy atom. The number of azo groups is 1. The predicted octanol–water partition coefficient (Wildman–Crippen LogP) is 8.01.